The number of amides is 1. The van der Waals surface area contributed by atoms with E-state index in [1.54, 1.807) is 4.90 Å². The van der Waals surface area contributed by atoms with E-state index in [0.29, 0.717) is 24.3 Å². The van der Waals surface area contributed by atoms with Crippen LogP contribution >= 0.6 is 11.6 Å². The minimum atomic E-state index is -0.208. The van der Waals surface area contributed by atoms with Crippen LogP contribution in [0, 0.1) is 19.3 Å². The zero-order valence-corrected chi connectivity index (χ0v) is 18.1. The zero-order chi connectivity index (χ0) is 20.9. The zero-order valence-electron chi connectivity index (χ0n) is 17.4. The number of carbonyl (C=O) groups is 2. The van der Waals surface area contributed by atoms with Crippen LogP contribution in [-0.4, -0.2) is 11.7 Å². The lowest BCUT2D eigenvalue weighted by molar-refractivity contribution is -0.121. The predicted octanol–water partition coefficient (Wildman–Crippen LogP) is 6.12. The van der Waals surface area contributed by atoms with Gasteiger partial charge in [-0.3, -0.25) is 14.5 Å². The van der Waals surface area contributed by atoms with Crippen molar-refractivity contribution in [2.75, 3.05) is 4.90 Å². The van der Waals surface area contributed by atoms with E-state index in [2.05, 4.69) is 19.9 Å². The van der Waals surface area contributed by atoms with Crippen LogP contribution in [0.25, 0.3) is 0 Å². The fraction of sp³-hybridized carbons (Fsp3) is 0.360. The third-order valence-corrected chi connectivity index (χ3v) is 6.13. The van der Waals surface area contributed by atoms with Crippen molar-refractivity contribution in [3.05, 3.63) is 75.4 Å². The first-order chi connectivity index (χ1) is 13.6. The summed E-state index contributed by atoms with van der Waals surface area (Å²) >= 11 is 6.06. The third kappa shape index (κ3) is 3.76. The SMILES string of the molecule is Cc1cc(C)cc(N2C(=O)CC(c3ccc(Cl)cc3)C3=C2CC(C)(C)CC3=O)c1. The van der Waals surface area contributed by atoms with Crippen LogP contribution < -0.4 is 4.90 Å². The summed E-state index contributed by atoms with van der Waals surface area (Å²) < 4.78 is 0. The molecule has 0 N–H and O–H groups in total. The number of rotatable bonds is 2. The van der Waals surface area contributed by atoms with E-state index in [-0.39, 0.29) is 23.0 Å². The monoisotopic (exact) mass is 407 g/mol. The largest absolute Gasteiger partial charge is 0.294 e. The highest BCUT2D eigenvalue weighted by Gasteiger charge is 2.44. The van der Waals surface area contributed by atoms with Crippen LogP contribution in [0.2, 0.25) is 5.02 Å². The Balaban J connectivity index is 1.91. The number of carbonyl (C=O) groups excluding carboxylic acids is 2. The molecule has 1 aliphatic heterocycles. The van der Waals surface area contributed by atoms with Crippen LogP contribution in [0.5, 0.6) is 0 Å². The smallest absolute Gasteiger partial charge is 0.232 e. The minimum Gasteiger partial charge on any atom is -0.294 e. The van der Waals surface area contributed by atoms with Gasteiger partial charge in [-0.25, -0.2) is 0 Å². The molecular weight excluding hydrogens is 382 g/mol. The van der Waals surface area contributed by atoms with Gasteiger partial charge in [-0.2, -0.15) is 0 Å². The molecular formula is C25H26ClNO2. The fourth-order valence-corrected chi connectivity index (χ4v) is 4.90. The first kappa shape index (κ1) is 19.9. The van der Waals surface area contributed by atoms with E-state index < -0.39 is 0 Å². The molecule has 150 valence electrons. The van der Waals surface area contributed by atoms with Gasteiger partial charge in [0.2, 0.25) is 5.91 Å². The Morgan fingerprint density at radius 2 is 1.59 bits per heavy atom. The standard InChI is InChI=1S/C25H26ClNO2/c1-15-9-16(2)11-19(10-15)27-21-13-25(3,4)14-22(28)24(21)20(12-23(27)29)17-5-7-18(26)8-6-17/h5-11,20H,12-14H2,1-4H3. The van der Waals surface area contributed by atoms with E-state index in [1.165, 1.54) is 0 Å². The predicted molar refractivity (Wildman–Crippen MR) is 117 cm³/mol. The number of ketones is 1. The first-order valence-corrected chi connectivity index (χ1v) is 10.5. The number of benzene rings is 2. The Morgan fingerprint density at radius 3 is 2.21 bits per heavy atom. The molecule has 2 aromatic carbocycles. The van der Waals surface area contributed by atoms with Crippen molar-refractivity contribution in [1.29, 1.82) is 0 Å². The highest BCUT2D eigenvalue weighted by molar-refractivity contribution is 6.30. The molecule has 1 atom stereocenters. The van der Waals surface area contributed by atoms with E-state index >= 15 is 0 Å². The number of halogens is 1. The molecule has 1 unspecified atom stereocenters. The van der Waals surface area contributed by atoms with Crippen molar-refractivity contribution in [1.82, 2.24) is 0 Å². The molecule has 4 heteroatoms. The van der Waals surface area contributed by atoms with Crippen molar-refractivity contribution >= 4 is 29.0 Å². The quantitative estimate of drug-likeness (QED) is 0.601. The second-order valence-electron chi connectivity index (χ2n) is 9.18. The summed E-state index contributed by atoms with van der Waals surface area (Å²) in [6, 6.07) is 13.7. The lowest BCUT2D eigenvalue weighted by Crippen LogP contribution is -2.43. The van der Waals surface area contributed by atoms with Crippen LogP contribution in [0.3, 0.4) is 0 Å². The molecule has 1 amide bonds. The van der Waals surface area contributed by atoms with Crippen molar-refractivity contribution in [2.24, 2.45) is 5.41 Å². The normalized spacial score (nSPS) is 21.4. The van der Waals surface area contributed by atoms with Gasteiger partial charge in [-0.15, -0.1) is 0 Å². The van der Waals surface area contributed by atoms with Gasteiger partial charge in [0.15, 0.2) is 5.78 Å². The number of aryl methyl sites for hydroxylation is 2. The minimum absolute atomic E-state index is 0.0409. The highest BCUT2D eigenvalue weighted by atomic mass is 35.5. The molecule has 0 bridgehead atoms. The molecule has 0 aromatic heterocycles. The average molecular weight is 408 g/mol. The number of hydrogen-bond acceptors (Lipinski definition) is 2. The Hall–Kier alpha value is -2.39. The topological polar surface area (TPSA) is 37.4 Å². The van der Waals surface area contributed by atoms with E-state index in [0.717, 1.165) is 33.6 Å². The van der Waals surface area contributed by atoms with E-state index in [1.807, 2.05) is 50.2 Å². The summed E-state index contributed by atoms with van der Waals surface area (Å²) in [5.74, 6) is -0.0159. The molecule has 0 saturated carbocycles. The molecule has 1 heterocycles. The number of hydrogen-bond donors (Lipinski definition) is 0. The summed E-state index contributed by atoms with van der Waals surface area (Å²) in [6.45, 7) is 8.27. The molecule has 4 rings (SSSR count). The Morgan fingerprint density at radius 1 is 0.966 bits per heavy atom. The van der Waals surface area contributed by atoms with E-state index in [4.69, 9.17) is 11.6 Å². The Kier molecular flexibility index (Phi) is 4.90. The van der Waals surface area contributed by atoms with Gasteiger partial charge in [0, 0.05) is 40.7 Å². The van der Waals surface area contributed by atoms with Crippen LogP contribution in [0.4, 0.5) is 5.69 Å². The van der Waals surface area contributed by atoms with Crippen LogP contribution in [0.15, 0.2) is 53.7 Å². The van der Waals surface area contributed by atoms with Crippen molar-refractivity contribution in [3.63, 3.8) is 0 Å². The van der Waals surface area contributed by atoms with Crippen molar-refractivity contribution in [3.8, 4) is 0 Å². The van der Waals surface area contributed by atoms with Crippen molar-refractivity contribution in [2.45, 2.75) is 52.9 Å². The van der Waals surface area contributed by atoms with Gasteiger partial charge in [0.25, 0.3) is 0 Å². The van der Waals surface area contributed by atoms with Gasteiger partial charge in [-0.1, -0.05) is 43.6 Å². The molecule has 0 radical (unpaired) electrons. The lowest BCUT2D eigenvalue weighted by Gasteiger charge is -2.43. The third-order valence-electron chi connectivity index (χ3n) is 5.88. The van der Waals surface area contributed by atoms with Crippen molar-refractivity contribution < 1.29 is 9.59 Å². The van der Waals surface area contributed by atoms with E-state index in [9.17, 15) is 9.59 Å². The average Bonchev–Trinajstić information content (AvgIpc) is 2.59. The number of allylic oxidation sites excluding steroid dienone is 2. The second-order valence-corrected chi connectivity index (χ2v) is 9.62. The number of Topliss-reactive ketones (excluding diaryl/α,β-unsaturated/α-hetero) is 1. The summed E-state index contributed by atoms with van der Waals surface area (Å²) in [4.78, 5) is 28.5. The van der Waals surface area contributed by atoms with Crippen LogP contribution in [0.1, 0.15) is 55.7 Å². The maximum absolute atomic E-state index is 13.4. The Bertz CT molecular complexity index is 1010. The molecule has 0 saturated heterocycles. The summed E-state index contributed by atoms with van der Waals surface area (Å²) in [5, 5.41) is 0.651. The second kappa shape index (κ2) is 7.14. The summed E-state index contributed by atoms with van der Waals surface area (Å²) in [6.07, 6.45) is 1.50. The van der Waals surface area contributed by atoms with Crippen LogP contribution in [-0.2, 0) is 9.59 Å². The first-order valence-electron chi connectivity index (χ1n) is 10.1. The van der Waals surface area contributed by atoms with Gasteiger partial charge >= 0.3 is 0 Å². The molecule has 2 aliphatic rings. The Labute approximate surface area is 177 Å². The lowest BCUT2D eigenvalue weighted by atomic mass is 9.69. The summed E-state index contributed by atoms with van der Waals surface area (Å²) in [7, 11) is 0. The molecule has 29 heavy (non-hydrogen) atoms. The maximum Gasteiger partial charge on any atom is 0.232 e. The maximum atomic E-state index is 13.4. The molecule has 2 aromatic rings. The molecule has 1 aliphatic carbocycles. The highest BCUT2D eigenvalue weighted by Crippen LogP contribution is 2.48. The molecule has 0 spiro atoms. The molecule has 0 fully saturated rings. The fourth-order valence-electron chi connectivity index (χ4n) is 4.77. The van der Waals surface area contributed by atoms with Gasteiger partial charge in [0.1, 0.15) is 0 Å². The van der Waals surface area contributed by atoms with Gasteiger partial charge in [0.05, 0.1) is 0 Å². The number of anilines is 1. The van der Waals surface area contributed by atoms with Gasteiger partial charge < -0.3 is 0 Å². The number of nitrogens with zero attached hydrogens (tertiary/aromatic N) is 1. The van der Waals surface area contributed by atoms with Gasteiger partial charge in [-0.05, 0) is 66.6 Å². The summed E-state index contributed by atoms with van der Waals surface area (Å²) in [5.41, 5.74) is 5.54. The molecule has 3 nitrogen and oxygen atoms in total.